The average Bonchev–Trinajstić information content (AvgIpc) is 2.86. The van der Waals surface area contributed by atoms with Crippen molar-refractivity contribution in [3.8, 4) is 5.75 Å². The molecule has 0 spiro atoms. The number of anilines is 1. The molecule has 6 N–H and O–H groups in total. The summed E-state index contributed by atoms with van der Waals surface area (Å²) in [5.41, 5.74) is 5.72. The van der Waals surface area contributed by atoms with Crippen LogP contribution >= 0.6 is 0 Å². The predicted octanol–water partition coefficient (Wildman–Crippen LogP) is 3.37. The molecular formula is C29H34N4O6. The number of benzene rings is 3. The summed E-state index contributed by atoms with van der Waals surface area (Å²) in [4.78, 5) is 50.8. The fourth-order valence-corrected chi connectivity index (χ4v) is 3.91. The van der Waals surface area contributed by atoms with Crippen LogP contribution in [0, 0.1) is 0 Å². The lowest BCUT2D eigenvalue weighted by molar-refractivity contribution is -0.128. The number of rotatable bonds is 10. The first-order chi connectivity index (χ1) is 18.4. The number of nitrogens with one attached hydrogen (secondary N) is 3. The van der Waals surface area contributed by atoms with Gasteiger partial charge in [0.15, 0.2) is 0 Å². The summed E-state index contributed by atoms with van der Waals surface area (Å²) < 4.78 is 5.32. The van der Waals surface area contributed by atoms with Crippen LogP contribution in [0.5, 0.6) is 5.75 Å². The van der Waals surface area contributed by atoms with Gasteiger partial charge in [-0.15, -0.1) is 0 Å². The first-order valence-electron chi connectivity index (χ1n) is 12.6. The highest BCUT2D eigenvalue weighted by Crippen LogP contribution is 2.23. The number of alkyl carbamates (subject to hydrolysis) is 1. The SMILES string of the molecule is CC(C)(C)OC(=O)N[C@@H](Cc1ccc(O)cc1)C(=O)N[C@@H](CCC(N)=O)C(=O)Nc1cccc2ccccc12. The number of hydrogen-bond donors (Lipinski definition) is 5. The minimum absolute atomic E-state index is 0.0456. The maximum atomic E-state index is 13.4. The molecule has 3 aromatic carbocycles. The Morgan fingerprint density at radius 3 is 2.21 bits per heavy atom. The fraction of sp³-hybridized carbons (Fsp3) is 0.310. The third kappa shape index (κ3) is 9.03. The zero-order valence-corrected chi connectivity index (χ0v) is 22.2. The number of fused-ring (bicyclic) bond motifs is 1. The molecule has 0 bridgehead atoms. The minimum Gasteiger partial charge on any atom is -0.508 e. The molecule has 39 heavy (non-hydrogen) atoms. The van der Waals surface area contributed by atoms with Crippen LogP contribution < -0.4 is 21.7 Å². The lowest BCUT2D eigenvalue weighted by atomic mass is 10.0. The molecule has 0 unspecified atom stereocenters. The van der Waals surface area contributed by atoms with Gasteiger partial charge in [0, 0.05) is 23.9 Å². The van der Waals surface area contributed by atoms with Crippen molar-refractivity contribution >= 4 is 40.3 Å². The first kappa shape index (κ1) is 29.0. The number of phenolic OH excluding ortho intramolecular Hbond substituents is 1. The minimum atomic E-state index is -1.12. The summed E-state index contributed by atoms with van der Waals surface area (Å²) in [7, 11) is 0. The maximum absolute atomic E-state index is 13.4. The van der Waals surface area contributed by atoms with E-state index in [0.29, 0.717) is 11.3 Å². The standard InChI is InChI=1S/C29H34N4O6/c1-29(2,3)39-28(38)33-24(17-18-11-13-20(34)14-12-18)27(37)32-23(15-16-25(30)35)26(36)31-22-10-6-8-19-7-4-5-9-21(19)22/h4-14,23-24,34H,15-17H2,1-3H3,(H2,30,35)(H,31,36)(H,32,37)(H,33,38)/t23-,24-/m0/s1. The Hall–Kier alpha value is -4.60. The molecule has 0 aromatic heterocycles. The molecule has 0 aliphatic carbocycles. The van der Waals surface area contributed by atoms with Crippen molar-refractivity contribution in [1.29, 1.82) is 0 Å². The van der Waals surface area contributed by atoms with Gasteiger partial charge in [-0.3, -0.25) is 14.4 Å². The van der Waals surface area contributed by atoms with Gasteiger partial charge in [-0.2, -0.15) is 0 Å². The highest BCUT2D eigenvalue weighted by atomic mass is 16.6. The molecule has 3 rings (SSSR count). The van der Waals surface area contributed by atoms with Crippen molar-refractivity contribution in [2.24, 2.45) is 5.73 Å². The van der Waals surface area contributed by atoms with E-state index in [2.05, 4.69) is 16.0 Å². The van der Waals surface area contributed by atoms with Crippen LogP contribution in [-0.4, -0.2) is 46.6 Å². The zero-order chi connectivity index (χ0) is 28.6. The Morgan fingerprint density at radius 1 is 0.872 bits per heavy atom. The highest BCUT2D eigenvalue weighted by Gasteiger charge is 2.29. The van der Waals surface area contributed by atoms with Gasteiger partial charge in [0.2, 0.25) is 17.7 Å². The van der Waals surface area contributed by atoms with E-state index in [1.54, 1.807) is 45.0 Å². The van der Waals surface area contributed by atoms with Gasteiger partial charge in [-0.25, -0.2) is 4.79 Å². The van der Waals surface area contributed by atoms with Crippen molar-refractivity contribution in [3.05, 3.63) is 72.3 Å². The molecule has 0 heterocycles. The van der Waals surface area contributed by atoms with Crippen LogP contribution in [0.25, 0.3) is 10.8 Å². The third-order valence-corrected chi connectivity index (χ3v) is 5.74. The maximum Gasteiger partial charge on any atom is 0.408 e. The van der Waals surface area contributed by atoms with Crippen molar-refractivity contribution in [2.75, 3.05) is 5.32 Å². The highest BCUT2D eigenvalue weighted by molar-refractivity contribution is 6.05. The molecular weight excluding hydrogens is 500 g/mol. The molecule has 206 valence electrons. The normalized spacial score (nSPS) is 12.7. The number of carbonyl (C=O) groups is 4. The molecule has 0 radical (unpaired) electrons. The van der Waals surface area contributed by atoms with Crippen molar-refractivity contribution in [2.45, 2.75) is 57.7 Å². The second-order valence-electron chi connectivity index (χ2n) is 10.2. The Morgan fingerprint density at radius 2 is 1.54 bits per heavy atom. The van der Waals surface area contributed by atoms with E-state index in [9.17, 15) is 24.3 Å². The Balaban J connectivity index is 1.82. The number of primary amides is 1. The Labute approximate surface area is 226 Å². The average molecular weight is 535 g/mol. The molecule has 0 aliphatic heterocycles. The number of aromatic hydroxyl groups is 1. The lowest BCUT2D eigenvalue weighted by Gasteiger charge is -2.25. The fourth-order valence-electron chi connectivity index (χ4n) is 3.91. The van der Waals surface area contributed by atoms with Gasteiger partial charge < -0.3 is 31.5 Å². The van der Waals surface area contributed by atoms with Crippen LogP contribution in [0.3, 0.4) is 0 Å². The van der Waals surface area contributed by atoms with Gasteiger partial charge >= 0.3 is 6.09 Å². The van der Waals surface area contributed by atoms with E-state index in [1.807, 2.05) is 30.3 Å². The summed E-state index contributed by atoms with van der Waals surface area (Å²) in [5, 5.41) is 19.4. The van der Waals surface area contributed by atoms with Gasteiger partial charge in [-0.1, -0.05) is 48.5 Å². The monoisotopic (exact) mass is 534 g/mol. The topological polar surface area (TPSA) is 160 Å². The quantitative estimate of drug-likeness (QED) is 0.268. The van der Waals surface area contributed by atoms with Crippen molar-refractivity contribution in [3.63, 3.8) is 0 Å². The van der Waals surface area contributed by atoms with Crippen molar-refractivity contribution in [1.82, 2.24) is 10.6 Å². The Kier molecular flexibility index (Phi) is 9.48. The third-order valence-electron chi connectivity index (χ3n) is 5.74. The predicted molar refractivity (Wildman–Crippen MR) is 148 cm³/mol. The van der Waals surface area contributed by atoms with E-state index in [1.165, 1.54) is 12.1 Å². The van der Waals surface area contributed by atoms with Gasteiger partial charge in [-0.05, 0) is 56.3 Å². The first-order valence-corrected chi connectivity index (χ1v) is 12.6. The molecule has 0 saturated heterocycles. The number of phenols is 1. The number of nitrogens with two attached hydrogens (primary N) is 1. The summed E-state index contributed by atoms with van der Waals surface area (Å²) in [6, 6.07) is 16.9. The summed E-state index contributed by atoms with van der Waals surface area (Å²) in [5.74, 6) is -1.77. The van der Waals surface area contributed by atoms with Gasteiger partial charge in [0.25, 0.3) is 0 Å². The lowest BCUT2D eigenvalue weighted by Crippen LogP contribution is -2.54. The van der Waals surface area contributed by atoms with Gasteiger partial charge in [0.1, 0.15) is 23.4 Å². The van der Waals surface area contributed by atoms with Crippen LogP contribution in [0.15, 0.2) is 66.7 Å². The van der Waals surface area contributed by atoms with Crippen molar-refractivity contribution < 1.29 is 29.0 Å². The van der Waals surface area contributed by atoms with Crippen LogP contribution in [0.2, 0.25) is 0 Å². The second kappa shape index (κ2) is 12.8. The van der Waals surface area contributed by atoms with E-state index in [0.717, 1.165) is 10.8 Å². The molecule has 0 aliphatic rings. The molecule has 0 saturated carbocycles. The van der Waals surface area contributed by atoms with Crippen LogP contribution in [0.4, 0.5) is 10.5 Å². The number of ether oxygens (including phenoxy) is 1. The summed E-state index contributed by atoms with van der Waals surface area (Å²) in [6.45, 7) is 5.08. The van der Waals surface area contributed by atoms with E-state index in [-0.39, 0.29) is 25.0 Å². The van der Waals surface area contributed by atoms with E-state index >= 15 is 0 Å². The smallest absolute Gasteiger partial charge is 0.408 e. The largest absolute Gasteiger partial charge is 0.508 e. The molecule has 0 fully saturated rings. The Bertz CT molecular complexity index is 1330. The number of carbonyl (C=O) groups excluding carboxylic acids is 4. The molecule has 3 aromatic rings. The summed E-state index contributed by atoms with van der Waals surface area (Å²) >= 11 is 0. The van der Waals surface area contributed by atoms with E-state index in [4.69, 9.17) is 10.5 Å². The summed E-state index contributed by atoms with van der Waals surface area (Å²) in [6.07, 6.45) is -0.944. The van der Waals surface area contributed by atoms with Crippen LogP contribution in [-0.2, 0) is 25.5 Å². The zero-order valence-electron chi connectivity index (χ0n) is 22.2. The molecule has 4 amide bonds. The van der Waals surface area contributed by atoms with Crippen LogP contribution in [0.1, 0.15) is 39.2 Å². The second-order valence-corrected chi connectivity index (χ2v) is 10.2. The molecule has 10 heteroatoms. The number of amides is 4. The molecule has 10 nitrogen and oxygen atoms in total. The number of hydrogen-bond acceptors (Lipinski definition) is 6. The van der Waals surface area contributed by atoms with E-state index < -0.39 is 41.5 Å². The van der Waals surface area contributed by atoms with Gasteiger partial charge in [0.05, 0.1) is 0 Å². The molecule has 2 atom stereocenters.